The van der Waals surface area contributed by atoms with Gasteiger partial charge in [0.15, 0.2) is 6.29 Å². The average molecular weight is 287 g/mol. The Morgan fingerprint density at radius 2 is 2.43 bits per heavy atom. The molecular weight excluding hydrogens is 266 g/mol. The highest BCUT2D eigenvalue weighted by Gasteiger charge is 2.19. The van der Waals surface area contributed by atoms with Crippen molar-refractivity contribution in [1.29, 1.82) is 0 Å². The van der Waals surface area contributed by atoms with Crippen LogP contribution in [0.1, 0.15) is 36.7 Å². The van der Waals surface area contributed by atoms with Crippen LogP contribution >= 0.6 is 0 Å². The van der Waals surface area contributed by atoms with Gasteiger partial charge in [-0.2, -0.15) is 0 Å². The van der Waals surface area contributed by atoms with E-state index in [1.165, 1.54) is 19.4 Å². The summed E-state index contributed by atoms with van der Waals surface area (Å²) < 4.78 is 5.76. The van der Waals surface area contributed by atoms with Crippen LogP contribution in [-0.2, 0) is 0 Å². The van der Waals surface area contributed by atoms with Crippen molar-refractivity contribution < 1.29 is 9.53 Å². The van der Waals surface area contributed by atoms with E-state index in [0.29, 0.717) is 18.3 Å². The van der Waals surface area contributed by atoms with E-state index in [2.05, 4.69) is 21.8 Å². The number of nitrogens with one attached hydrogen (secondary N) is 1. The summed E-state index contributed by atoms with van der Waals surface area (Å²) in [6, 6.07) is 4.42. The van der Waals surface area contributed by atoms with Crippen molar-refractivity contribution >= 4 is 17.3 Å². The zero-order valence-electron chi connectivity index (χ0n) is 12.3. The topological polar surface area (TPSA) is 58.2 Å². The Labute approximate surface area is 124 Å². The molecule has 0 aliphatic carbocycles. The normalized spacial score (nSPS) is 19.2. The number of hydrogen-bond donors (Lipinski definition) is 1. The maximum absolute atomic E-state index is 10.7. The van der Waals surface area contributed by atoms with Gasteiger partial charge in [0.05, 0.1) is 18.5 Å². The first-order chi connectivity index (χ1) is 10.3. The molecule has 1 saturated heterocycles. The summed E-state index contributed by atoms with van der Waals surface area (Å²) in [5, 5.41) is 0.905. The van der Waals surface area contributed by atoms with Crippen molar-refractivity contribution in [1.82, 2.24) is 14.9 Å². The van der Waals surface area contributed by atoms with E-state index < -0.39 is 0 Å². The Hall–Kier alpha value is -1.88. The number of aromatic nitrogens is 2. The maximum atomic E-state index is 10.7. The molecule has 112 valence electrons. The number of likely N-dealkylation sites (tertiary alicyclic amines) is 1. The molecular formula is C16H21N3O2. The number of aldehydes is 1. The van der Waals surface area contributed by atoms with E-state index in [0.717, 1.165) is 36.0 Å². The molecule has 0 radical (unpaired) electrons. The number of H-pyrrole nitrogens is 1. The molecule has 2 aromatic heterocycles. The molecule has 5 heteroatoms. The smallest absolute Gasteiger partial charge is 0.166 e. The number of pyridine rings is 1. The van der Waals surface area contributed by atoms with Gasteiger partial charge in [0.2, 0.25) is 0 Å². The fraction of sp³-hybridized carbons (Fsp3) is 0.500. The van der Waals surface area contributed by atoms with Crippen molar-refractivity contribution in [2.45, 2.75) is 32.2 Å². The molecule has 3 rings (SSSR count). The van der Waals surface area contributed by atoms with Gasteiger partial charge in [-0.15, -0.1) is 0 Å². The lowest BCUT2D eigenvalue weighted by molar-refractivity contribution is 0.111. The van der Waals surface area contributed by atoms with E-state index in [1.54, 1.807) is 12.3 Å². The van der Waals surface area contributed by atoms with E-state index >= 15 is 0 Å². The van der Waals surface area contributed by atoms with Gasteiger partial charge in [-0.3, -0.25) is 4.79 Å². The standard InChI is InChI=1S/C16H21N3O2/c1-12-4-2-5-19(12)6-3-7-21-15-9-13-8-14(11-20)18-16(13)17-10-15/h8-12H,2-7H2,1H3,(H,17,18)/t12-/m0/s1. The predicted octanol–water partition coefficient (Wildman–Crippen LogP) is 2.63. The molecule has 3 heterocycles. The lowest BCUT2D eigenvalue weighted by Gasteiger charge is -2.20. The molecule has 5 nitrogen and oxygen atoms in total. The van der Waals surface area contributed by atoms with Gasteiger partial charge in [0.1, 0.15) is 11.4 Å². The van der Waals surface area contributed by atoms with E-state index in [1.807, 2.05) is 6.07 Å². The van der Waals surface area contributed by atoms with Crippen LogP contribution in [0.25, 0.3) is 11.0 Å². The van der Waals surface area contributed by atoms with Crippen LogP contribution in [0.2, 0.25) is 0 Å². The third-order valence-electron chi connectivity index (χ3n) is 4.14. The van der Waals surface area contributed by atoms with Crippen LogP contribution in [0.15, 0.2) is 18.3 Å². The van der Waals surface area contributed by atoms with Crippen LogP contribution in [0.3, 0.4) is 0 Å². The second-order valence-corrected chi connectivity index (χ2v) is 5.68. The summed E-state index contributed by atoms with van der Waals surface area (Å²) in [4.78, 5) is 20.5. The Kier molecular flexibility index (Phi) is 4.20. The number of fused-ring (bicyclic) bond motifs is 1. The number of hydrogen-bond acceptors (Lipinski definition) is 4. The largest absolute Gasteiger partial charge is 0.492 e. The predicted molar refractivity (Wildman–Crippen MR) is 81.9 cm³/mol. The molecule has 1 aliphatic rings. The van der Waals surface area contributed by atoms with Crippen LogP contribution in [0, 0.1) is 0 Å². The highest BCUT2D eigenvalue weighted by atomic mass is 16.5. The first kappa shape index (κ1) is 14.1. The first-order valence-electron chi connectivity index (χ1n) is 7.57. The van der Waals surface area contributed by atoms with Crippen molar-refractivity contribution in [3.05, 3.63) is 24.0 Å². The van der Waals surface area contributed by atoms with Crippen LogP contribution in [-0.4, -0.2) is 46.9 Å². The Morgan fingerprint density at radius 3 is 3.19 bits per heavy atom. The zero-order chi connectivity index (χ0) is 14.7. The maximum Gasteiger partial charge on any atom is 0.166 e. The van der Waals surface area contributed by atoms with Crippen molar-refractivity contribution in [3.63, 3.8) is 0 Å². The number of nitrogens with zero attached hydrogens (tertiary/aromatic N) is 2. The lowest BCUT2D eigenvalue weighted by Crippen LogP contribution is -2.28. The fourth-order valence-electron chi connectivity index (χ4n) is 2.94. The minimum Gasteiger partial charge on any atom is -0.492 e. The molecule has 1 fully saturated rings. The minimum atomic E-state index is 0.540. The van der Waals surface area contributed by atoms with Gasteiger partial charge < -0.3 is 14.6 Å². The second kappa shape index (κ2) is 6.26. The second-order valence-electron chi connectivity index (χ2n) is 5.68. The summed E-state index contributed by atoms with van der Waals surface area (Å²) in [5.74, 6) is 0.758. The molecule has 1 N–H and O–H groups in total. The average Bonchev–Trinajstić information content (AvgIpc) is 3.09. The van der Waals surface area contributed by atoms with Gasteiger partial charge >= 0.3 is 0 Å². The van der Waals surface area contributed by atoms with Crippen LogP contribution in [0.5, 0.6) is 5.75 Å². The molecule has 1 atom stereocenters. The molecule has 1 aliphatic heterocycles. The quantitative estimate of drug-likeness (QED) is 0.655. The van der Waals surface area contributed by atoms with Gasteiger partial charge in [-0.05, 0) is 44.9 Å². The Bertz CT molecular complexity index is 623. The third kappa shape index (κ3) is 3.24. The Morgan fingerprint density at radius 1 is 1.52 bits per heavy atom. The summed E-state index contributed by atoms with van der Waals surface area (Å²) >= 11 is 0. The number of ether oxygens (including phenoxy) is 1. The highest BCUT2D eigenvalue weighted by molar-refractivity contribution is 5.86. The fourth-order valence-corrected chi connectivity index (χ4v) is 2.94. The molecule has 0 amide bonds. The Balaban J connectivity index is 1.51. The first-order valence-corrected chi connectivity index (χ1v) is 7.57. The van der Waals surface area contributed by atoms with E-state index in [9.17, 15) is 4.79 Å². The van der Waals surface area contributed by atoms with Crippen LogP contribution < -0.4 is 4.74 Å². The molecule has 0 bridgehead atoms. The number of carbonyl (C=O) groups is 1. The summed E-state index contributed by atoms with van der Waals surface area (Å²) in [7, 11) is 0. The lowest BCUT2D eigenvalue weighted by atomic mass is 10.2. The summed E-state index contributed by atoms with van der Waals surface area (Å²) in [5.41, 5.74) is 1.26. The molecule has 2 aromatic rings. The molecule has 21 heavy (non-hydrogen) atoms. The van der Waals surface area contributed by atoms with Gasteiger partial charge in [-0.25, -0.2) is 4.98 Å². The van der Waals surface area contributed by atoms with E-state index in [4.69, 9.17) is 4.74 Å². The summed E-state index contributed by atoms with van der Waals surface area (Å²) in [6.45, 7) is 5.30. The van der Waals surface area contributed by atoms with Crippen molar-refractivity contribution in [2.75, 3.05) is 19.7 Å². The van der Waals surface area contributed by atoms with Crippen molar-refractivity contribution in [3.8, 4) is 5.75 Å². The molecule has 0 spiro atoms. The summed E-state index contributed by atoms with van der Waals surface area (Å²) in [6.07, 6.45) is 6.14. The monoisotopic (exact) mass is 287 g/mol. The van der Waals surface area contributed by atoms with Crippen molar-refractivity contribution in [2.24, 2.45) is 0 Å². The molecule has 0 saturated carbocycles. The SMILES string of the molecule is C[C@H]1CCCN1CCCOc1cnc2[nH]c(C=O)cc2c1. The molecule has 0 aromatic carbocycles. The van der Waals surface area contributed by atoms with Gasteiger partial charge in [-0.1, -0.05) is 0 Å². The highest BCUT2D eigenvalue weighted by Crippen LogP contribution is 2.19. The zero-order valence-corrected chi connectivity index (χ0v) is 12.3. The van der Waals surface area contributed by atoms with Gasteiger partial charge in [0.25, 0.3) is 0 Å². The third-order valence-corrected chi connectivity index (χ3v) is 4.14. The number of aromatic amines is 1. The number of rotatable bonds is 6. The van der Waals surface area contributed by atoms with Gasteiger partial charge in [0, 0.05) is 18.0 Å². The minimum absolute atomic E-state index is 0.540. The molecule has 0 unspecified atom stereocenters. The van der Waals surface area contributed by atoms with E-state index in [-0.39, 0.29) is 0 Å². The number of carbonyl (C=O) groups excluding carboxylic acids is 1. The van der Waals surface area contributed by atoms with Crippen LogP contribution in [0.4, 0.5) is 0 Å².